The highest BCUT2D eigenvalue weighted by atomic mass is 32.1. The predicted molar refractivity (Wildman–Crippen MR) is 181 cm³/mol. The number of carbonyl (C=O) groups is 1. The van der Waals surface area contributed by atoms with Gasteiger partial charge in [-0.3, -0.25) is 9.69 Å². The standard InChI is InChI=1S/C35H36F3N7O2S/c1-4-27(46)45-16-20(12-19(45)2)15-43(3)33-24-7-6-23(22-8-9-26(37)31-28(22)25(14-39)32(40)48-31)29(38)30(24)41-34(42-33)47-18-35-10-5-11-44(35)17-21(36)13-35/h4,6-9,19-21H,1,5,10-13,15-18,40H2,2-3H3/t19-,20+,21-,35+/m1/s1. The molecule has 7 rings (SSSR count). The molecule has 0 unspecified atom stereocenters. The summed E-state index contributed by atoms with van der Waals surface area (Å²) in [6.07, 6.45) is 3.25. The number of aromatic nitrogens is 2. The van der Waals surface area contributed by atoms with Gasteiger partial charge in [0.15, 0.2) is 5.82 Å². The minimum atomic E-state index is -0.938. The number of alkyl halides is 1. The summed E-state index contributed by atoms with van der Waals surface area (Å²) in [5.41, 5.74) is 6.13. The van der Waals surface area contributed by atoms with E-state index in [0.717, 1.165) is 37.1 Å². The van der Waals surface area contributed by atoms with E-state index in [1.807, 2.05) is 24.9 Å². The van der Waals surface area contributed by atoms with Gasteiger partial charge in [0.2, 0.25) is 5.91 Å². The van der Waals surface area contributed by atoms with E-state index in [1.165, 1.54) is 18.2 Å². The van der Waals surface area contributed by atoms with Crippen LogP contribution in [0.15, 0.2) is 36.9 Å². The van der Waals surface area contributed by atoms with Gasteiger partial charge in [-0.15, -0.1) is 11.3 Å². The van der Waals surface area contributed by atoms with E-state index in [1.54, 1.807) is 17.0 Å². The van der Waals surface area contributed by atoms with Crippen molar-refractivity contribution in [3.05, 3.63) is 54.1 Å². The molecule has 3 saturated heterocycles. The second-order valence-electron chi connectivity index (χ2n) is 13.3. The highest BCUT2D eigenvalue weighted by Gasteiger charge is 2.49. The number of thiophene rings is 1. The van der Waals surface area contributed by atoms with Crippen LogP contribution in [0, 0.1) is 28.9 Å². The Hall–Kier alpha value is -4.41. The summed E-state index contributed by atoms with van der Waals surface area (Å²) in [4.78, 5) is 27.6. The summed E-state index contributed by atoms with van der Waals surface area (Å²) in [6.45, 7) is 8.04. The zero-order valence-electron chi connectivity index (χ0n) is 26.8. The summed E-state index contributed by atoms with van der Waals surface area (Å²) in [5, 5.41) is 10.7. The van der Waals surface area contributed by atoms with E-state index < -0.39 is 23.3 Å². The van der Waals surface area contributed by atoms with Crippen LogP contribution >= 0.6 is 11.3 Å². The Bertz CT molecular complexity index is 2000. The molecule has 2 aromatic heterocycles. The molecule has 48 heavy (non-hydrogen) atoms. The Morgan fingerprint density at radius 2 is 2.06 bits per heavy atom. The molecule has 4 aromatic rings. The van der Waals surface area contributed by atoms with Crippen LogP contribution < -0.4 is 15.4 Å². The number of fused-ring (bicyclic) bond motifs is 3. The van der Waals surface area contributed by atoms with Crippen molar-refractivity contribution in [2.24, 2.45) is 5.92 Å². The van der Waals surface area contributed by atoms with Crippen LogP contribution in [0.25, 0.3) is 32.1 Å². The third-order valence-corrected chi connectivity index (χ3v) is 11.3. The molecular weight excluding hydrogens is 639 g/mol. The van der Waals surface area contributed by atoms with Gasteiger partial charge in [-0.05, 0) is 62.4 Å². The van der Waals surface area contributed by atoms with E-state index in [9.17, 15) is 18.8 Å². The number of halogens is 3. The first-order valence-corrected chi connectivity index (χ1v) is 16.9. The number of nitrogens with zero attached hydrogens (tertiary/aromatic N) is 6. The van der Waals surface area contributed by atoms with Gasteiger partial charge in [0, 0.05) is 55.5 Å². The highest BCUT2D eigenvalue weighted by molar-refractivity contribution is 7.23. The molecule has 5 heterocycles. The highest BCUT2D eigenvalue weighted by Crippen LogP contribution is 2.44. The lowest BCUT2D eigenvalue weighted by Gasteiger charge is -2.31. The van der Waals surface area contributed by atoms with Crippen LogP contribution in [-0.4, -0.2) is 83.3 Å². The number of amides is 1. The van der Waals surface area contributed by atoms with Gasteiger partial charge in [0.05, 0.1) is 15.8 Å². The summed E-state index contributed by atoms with van der Waals surface area (Å²) in [7, 11) is 1.86. The van der Waals surface area contributed by atoms with Crippen molar-refractivity contribution in [1.29, 1.82) is 5.26 Å². The van der Waals surface area contributed by atoms with Gasteiger partial charge in [-0.25, -0.2) is 13.2 Å². The number of anilines is 2. The van der Waals surface area contributed by atoms with Gasteiger partial charge < -0.3 is 20.3 Å². The van der Waals surface area contributed by atoms with Crippen LogP contribution in [0.4, 0.5) is 24.0 Å². The average Bonchev–Trinajstić information content (AvgIpc) is 3.80. The summed E-state index contributed by atoms with van der Waals surface area (Å²) in [5.74, 6) is -0.779. The fraction of sp³-hybridized carbons (Fsp3) is 0.429. The van der Waals surface area contributed by atoms with Crippen LogP contribution in [0.2, 0.25) is 0 Å². The first-order valence-electron chi connectivity index (χ1n) is 16.1. The van der Waals surface area contributed by atoms with Crippen LogP contribution in [0.1, 0.15) is 38.2 Å². The van der Waals surface area contributed by atoms with Gasteiger partial charge in [-0.2, -0.15) is 15.2 Å². The van der Waals surface area contributed by atoms with Gasteiger partial charge in [-0.1, -0.05) is 18.7 Å². The Labute approximate surface area is 280 Å². The van der Waals surface area contributed by atoms with Crippen molar-refractivity contribution < 1.29 is 22.7 Å². The first kappa shape index (κ1) is 32.2. The van der Waals surface area contributed by atoms with E-state index in [0.29, 0.717) is 42.8 Å². The minimum Gasteiger partial charge on any atom is -0.461 e. The normalized spacial score (nSPS) is 23.9. The maximum atomic E-state index is 16.8. The van der Waals surface area contributed by atoms with Gasteiger partial charge in [0.1, 0.15) is 41.0 Å². The lowest BCUT2D eigenvalue weighted by atomic mass is 9.95. The molecule has 2 aromatic carbocycles. The predicted octanol–water partition coefficient (Wildman–Crippen LogP) is 6.06. The Balaban J connectivity index is 1.31. The van der Waals surface area contributed by atoms with E-state index in [4.69, 9.17) is 15.5 Å². The summed E-state index contributed by atoms with van der Waals surface area (Å²) < 4.78 is 52.5. The van der Waals surface area contributed by atoms with Crippen molar-refractivity contribution in [3.63, 3.8) is 0 Å². The third kappa shape index (κ3) is 5.31. The lowest BCUT2D eigenvalue weighted by Crippen LogP contribution is -2.43. The number of ether oxygens (including phenoxy) is 1. The smallest absolute Gasteiger partial charge is 0.319 e. The Morgan fingerprint density at radius 1 is 1.27 bits per heavy atom. The molecule has 3 fully saturated rings. The largest absolute Gasteiger partial charge is 0.461 e. The van der Waals surface area contributed by atoms with Crippen LogP contribution in [-0.2, 0) is 4.79 Å². The maximum Gasteiger partial charge on any atom is 0.319 e. The molecule has 0 saturated carbocycles. The molecule has 1 amide bonds. The number of hydrogen-bond donors (Lipinski definition) is 1. The minimum absolute atomic E-state index is 0.00245. The second kappa shape index (κ2) is 12.2. The fourth-order valence-electron chi connectivity index (χ4n) is 8.03. The molecule has 9 nitrogen and oxygen atoms in total. The fourth-order valence-corrected chi connectivity index (χ4v) is 8.98. The monoisotopic (exact) mass is 675 g/mol. The maximum absolute atomic E-state index is 16.8. The SMILES string of the molecule is C=CC(=O)N1C[C@H](CN(C)c2nc(OC[C@@]34CCCN3C[C@H](F)C4)nc3c(F)c(-c4ccc(F)c5sc(N)c(C#N)c45)ccc23)C[C@H]1C. The van der Waals surface area contributed by atoms with Crippen molar-refractivity contribution in [3.8, 4) is 23.2 Å². The molecule has 13 heteroatoms. The Kier molecular flexibility index (Phi) is 8.20. The zero-order chi connectivity index (χ0) is 33.9. The number of nitrogens with two attached hydrogens (primary N) is 1. The molecule has 0 spiro atoms. The van der Waals surface area contributed by atoms with Crippen molar-refractivity contribution >= 4 is 49.1 Å². The zero-order valence-corrected chi connectivity index (χ0v) is 27.6. The van der Waals surface area contributed by atoms with Crippen LogP contribution in [0.3, 0.4) is 0 Å². The van der Waals surface area contributed by atoms with E-state index >= 15 is 4.39 Å². The average molecular weight is 676 g/mol. The molecule has 0 bridgehead atoms. The van der Waals surface area contributed by atoms with E-state index in [2.05, 4.69) is 16.5 Å². The van der Waals surface area contributed by atoms with Gasteiger partial charge in [0.25, 0.3) is 0 Å². The van der Waals surface area contributed by atoms with Crippen molar-refractivity contribution in [2.75, 3.05) is 50.5 Å². The molecule has 250 valence electrons. The molecule has 0 radical (unpaired) electrons. The van der Waals surface area contributed by atoms with Crippen molar-refractivity contribution in [1.82, 2.24) is 19.8 Å². The molecule has 3 aliphatic rings. The lowest BCUT2D eigenvalue weighted by molar-refractivity contribution is -0.126. The summed E-state index contributed by atoms with van der Waals surface area (Å²) in [6, 6.07) is 8.04. The molecule has 2 N–H and O–H groups in total. The Morgan fingerprint density at radius 3 is 2.83 bits per heavy atom. The number of benzene rings is 2. The number of likely N-dealkylation sites (tertiary alicyclic amines) is 1. The topological polar surface area (TPSA) is 112 Å². The molecule has 3 aliphatic heterocycles. The second-order valence-corrected chi connectivity index (χ2v) is 14.3. The third-order valence-electron chi connectivity index (χ3n) is 10.2. The number of rotatable bonds is 8. The van der Waals surface area contributed by atoms with E-state index in [-0.39, 0.29) is 62.2 Å². The molecular formula is C35H36F3N7O2S. The summed E-state index contributed by atoms with van der Waals surface area (Å²) >= 11 is 0.946. The van der Waals surface area contributed by atoms with Crippen molar-refractivity contribution in [2.45, 2.75) is 50.4 Å². The number of carbonyl (C=O) groups excluding carboxylic acids is 1. The first-order chi connectivity index (χ1) is 23.0. The quantitative estimate of drug-likeness (QED) is 0.225. The van der Waals surface area contributed by atoms with Crippen LogP contribution in [0.5, 0.6) is 6.01 Å². The number of nitrogen functional groups attached to an aromatic ring is 1. The molecule has 0 aliphatic carbocycles. The number of nitriles is 1. The number of hydrogen-bond acceptors (Lipinski definition) is 9. The molecule has 4 atom stereocenters. The van der Waals surface area contributed by atoms with Gasteiger partial charge >= 0.3 is 6.01 Å².